The summed E-state index contributed by atoms with van der Waals surface area (Å²) in [4.78, 5) is 3.61. The van der Waals surface area contributed by atoms with Gasteiger partial charge in [0.1, 0.15) is 5.75 Å². The van der Waals surface area contributed by atoms with Crippen LogP contribution >= 0.6 is 15.9 Å². The van der Waals surface area contributed by atoms with Crippen LogP contribution in [0.3, 0.4) is 0 Å². The lowest BCUT2D eigenvalue weighted by Crippen LogP contribution is -2.03. The molecule has 3 N–H and O–H groups in total. The number of ether oxygens (including phenoxy) is 1. The molecule has 2 aromatic rings. The van der Waals surface area contributed by atoms with E-state index in [-0.39, 0.29) is 11.6 Å². The van der Waals surface area contributed by atoms with Crippen molar-refractivity contribution in [2.24, 2.45) is 0 Å². The average molecular weight is 330 g/mol. The zero-order valence-electron chi connectivity index (χ0n) is 9.88. The molecule has 0 unspecified atom stereocenters. The first-order chi connectivity index (χ1) is 9.01. The molecular weight excluding hydrogens is 320 g/mol. The Bertz CT molecular complexity index is 622. The first-order valence-electron chi connectivity index (χ1n) is 5.23. The summed E-state index contributed by atoms with van der Waals surface area (Å²) in [7, 11) is 1.54. The number of aromatic nitrogens is 1. The monoisotopic (exact) mass is 329 g/mol. The molecule has 0 bridgehead atoms. The summed E-state index contributed by atoms with van der Waals surface area (Å²) in [5.74, 6) is -1.58. The first kappa shape index (κ1) is 13.5. The van der Waals surface area contributed by atoms with Gasteiger partial charge in [-0.1, -0.05) is 0 Å². The van der Waals surface area contributed by atoms with Crippen LogP contribution in [0.4, 0.5) is 26.1 Å². The third-order valence-electron chi connectivity index (χ3n) is 2.37. The highest BCUT2D eigenvalue weighted by Crippen LogP contribution is 2.29. The van der Waals surface area contributed by atoms with Crippen molar-refractivity contribution in [3.63, 3.8) is 0 Å². The minimum atomic E-state index is -0.890. The molecule has 0 saturated carbocycles. The number of benzene rings is 1. The van der Waals surface area contributed by atoms with Crippen molar-refractivity contribution in [2.45, 2.75) is 0 Å². The van der Waals surface area contributed by atoms with Gasteiger partial charge in [-0.25, -0.2) is 13.8 Å². The van der Waals surface area contributed by atoms with Gasteiger partial charge in [0, 0.05) is 11.8 Å². The molecule has 19 heavy (non-hydrogen) atoms. The maximum Gasteiger partial charge on any atom is 0.169 e. The van der Waals surface area contributed by atoms with Gasteiger partial charge in [-0.05, 0) is 34.1 Å². The summed E-state index contributed by atoms with van der Waals surface area (Å²) in [6, 6.07) is 5.73. The Morgan fingerprint density at radius 1 is 1.26 bits per heavy atom. The number of hydrogen-bond acceptors (Lipinski definition) is 4. The fourth-order valence-corrected chi connectivity index (χ4v) is 1.99. The van der Waals surface area contributed by atoms with Crippen molar-refractivity contribution in [1.29, 1.82) is 0 Å². The lowest BCUT2D eigenvalue weighted by molar-refractivity contribution is 0.412. The maximum absolute atomic E-state index is 13.5. The predicted octanol–water partition coefficient (Wildman–Crippen LogP) is 3.46. The molecule has 7 heteroatoms. The van der Waals surface area contributed by atoms with Gasteiger partial charge in [-0.3, -0.25) is 0 Å². The van der Waals surface area contributed by atoms with Crippen LogP contribution in [0.1, 0.15) is 0 Å². The zero-order chi connectivity index (χ0) is 14.0. The van der Waals surface area contributed by atoms with E-state index >= 15 is 0 Å². The van der Waals surface area contributed by atoms with Crippen molar-refractivity contribution in [3.05, 3.63) is 40.4 Å². The second kappa shape index (κ2) is 5.40. The molecule has 0 spiro atoms. The van der Waals surface area contributed by atoms with Gasteiger partial charge in [0.2, 0.25) is 0 Å². The van der Waals surface area contributed by atoms with E-state index in [9.17, 15) is 8.78 Å². The van der Waals surface area contributed by atoms with Crippen molar-refractivity contribution in [1.82, 2.24) is 4.98 Å². The van der Waals surface area contributed by atoms with Crippen LogP contribution in [0.25, 0.3) is 0 Å². The Hall–Kier alpha value is -1.89. The smallest absolute Gasteiger partial charge is 0.169 e. The molecule has 1 heterocycles. The lowest BCUT2D eigenvalue weighted by atomic mass is 10.3. The molecule has 0 aliphatic rings. The van der Waals surface area contributed by atoms with Crippen LogP contribution in [-0.4, -0.2) is 12.1 Å². The van der Waals surface area contributed by atoms with Crippen LogP contribution in [0.2, 0.25) is 0 Å². The number of nitrogens with two attached hydrogens (primary N) is 1. The number of nitrogens with zero attached hydrogens (tertiary/aromatic N) is 1. The average Bonchev–Trinajstić information content (AvgIpc) is 2.36. The van der Waals surface area contributed by atoms with E-state index in [2.05, 4.69) is 26.2 Å². The molecule has 0 atom stereocenters. The van der Waals surface area contributed by atoms with Gasteiger partial charge in [0.15, 0.2) is 23.3 Å². The highest BCUT2D eigenvalue weighted by atomic mass is 79.9. The number of halogens is 3. The Balaban J connectivity index is 2.31. The Labute approximate surface area is 116 Å². The zero-order valence-corrected chi connectivity index (χ0v) is 11.5. The van der Waals surface area contributed by atoms with Crippen molar-refractivity contribution in [3.8, 4) is 5.75 Å². The molecule has 0 radical (unpaired) electrons. The van der Waals surface area contributed by atoms with Crippen molar-refractivity contribution in [2.75, 3.05) is 18.2 Å². The van der Waals surface area contributed by atoms with Gasteiger partial charge in [-0.15, -0.1) is 0 Å². The highest BCUT2D eigenvalue weighted by molar-refractivity contribution is 9.10. The Morgan fingerprint density at radius 2 is 2.00 bits per heavy atom. The second-order valence-corrected chi connectivity index (χ2v) is 4.51. The Morgan fingerprint density at radius 3 is 2.63 bits per heavy atom. The summed E-state index contributed by atoms with van der Waals surface area (Å²) in [5.41, 5.74) is 5.86. The summed E-state index contributed by atoms with van der Waals surface area (Å²) in [5, 5.41) is 2.71. The van der Waals surface area contributed by atoms with E-state index in [1.165, 1.54) is 7.11 Å². The molecule has 0 fully saturated rings. The number of rotatable bonds is 3. The van der Waals surface area contributed by atoms with Gasteiger partial charge in [-0.2, -0.15) is 0 Å². The van der Waals surface area contributed by atoms with Crippen LogP contribution < -0.4 is 15.8 Å². The third kappa shape index (κ3) is 2.93. The normalized spacial score (nSPS) is 10.3. The van der Waals surface area contributed by atoms with Crippen LogP contribution in [0.5, 0.6) is 5.75 Å². The minimum absolute atomic E-state index is 0.143. The van der Waals surface area contributed by atoms with Crippen LogP contribution in [0, 0.1) is 11.6 Å². The van der Waals surface area contributed by atoms with E-state index in [0.29, 0.717) is 22.0 Å². The molecule has 2 rings (SSSR count). The molecule has 0 aliphatic heterocycles. The lowest BCUT2D eigenvalue weighted by Gasteiger charge is -2.10. The number of nitrogen functional groups attached to an aromatic ring is 1. The van der Waals surface area contributed by atoms with Crippen molar-refractivity contribution < 1.29 is 13.5 Å². The summed E-state index contributed by atoms with van der Waals surface area (Å²) < 4.78 is 32.3. The fraction of sp³-hybridized carbons (Fsp3) is 0.0833. The van der Waals surface area contributed by atoms with Gasteiger partial charge >= 0.3 is 0 Å². The fourth-order valence-electron chi connectivity index (χ4n) is 1.45. The summed E-state index contributed by atoms with van der Waals surface area (Å²) >= 11 is 3.30. The first-order valence-corrected chi connectivity index (χ1v) is 6.02. The summed E-state index contributed by atoms with van der Waals surface area (Å²) in [6.07, 6.45) is 0. The molecule has 0 amide bonds. The maximum atomic E-state index is 13.5. The van der Waals surface area contributed by atoms with E-state index in [1.807, 2.05) is 0 Å². The molecule has 0 aliphatic carbocycles. The van der Waals surface area contributed by atoms with Crippen molar-refractivity contribution >= 4 is 33.3 Å². The van der Waals surface area contributed by atoms with E-state index in [4.69, 9.17) is 10.5 Å². The highest BCUT2D eigenvalue weighted by Gasteiger charge is 2.10. The van der Waals surface area contributed by atoms with E-state index in [0.717, 1.165) is 0 Å². The number of pyridine rings is 1. The number of anilines is 3. The Kier molecular flexibility index (Phi) is 3.84. The van der Waals surface area contributed by atoms with Crippen LogP contribution in [-0.2, 0) is 0 Å². The standard InChI is InChI=1S/C12H10BrF2N3O/c1-19-10-3-2-6(4-7(10)13)17-12-9(15)5-8(14)11(16)18-12/h2-5H,1H3,(H3,16,17,18). The van der Waals surface area contributed by atoms with Gasteiger partial charge in [0.25, 0.3) is 0 Å². The van der Waals surface area contributed by atoms with E-state index in [1.54, 1.807) is 18.2 Å². The molecular formula is C12H10BrF2N3O. The summed E-state index contributed by atoms with van der Waals surface area (Å²) in [6.45, 7) is 0. The van der Waals surface area contributed by atoms with Crippen LogP contribution in [0.15, 0.2) is 28.7 Å². The quantitative estimate of drug-likeness (QED) is 0.905. The number of methoxy groups -OCH3 is 1. The molecule has 0 saturated heterocycles. The number of nitrogens with one attached hydrogen (secondary N) is 1. The number of hydrogen-bond donors (Lipinski definition) is 2. The predicted molar refractivity (Wildman–Crippen MR) is 72.5 cm³/mol. The molecule has 100 valence electrons. The van der Waals surface area contributed by atoms with Gasteiger partial charge < -0.3 is 15.8 Å². The third-order valence-corrected chi connectivity index (χ3v) is 2.99. The molecule has 4 nitrogen and oxygen atoms in total. The van der Waals surface area contributed by atoms with E-state index < -0.39 is 11.6 Å². The van der Waals surface area contributed by atoms with Gasteiger partial charge in [0.05, 0.1) is 11.6 Å². The topological polar surface area (TPSA) is 60.2 Å². The SMILES string of the molecule is COc1ccc(Nc2nc(N)c(F)cc2F)cc1Br. The second-order valence-electron chi connectivity index (χ2n) is 3.66. The molecule has 1 aromatic carbocycles. The molecule has 1 aromatic heterocycles. The largest absolute Gasteiger partial charge is 0.496 e. The minimum Gasteiger partial charge on any atom is -0.496 e.